The van der Waals surface area contributed by atoms with Gasteiger partial charge in [0.15, 0.2) is 0 Å². The van der Waals surface area contributed by atoms with Gasteiger partial charge in [0.05, 0.1) is 11.4 Å². The van der Waals surface area contributed by atoms with E-state index in [-0.39, 0.29) is 26.5 Å². The van der Waals surface area contributed by atoms with E-state index in [1.165, 1.54) is 22.3 Å². The predicted molar refractivity (Wildman–Crippen MR) is 131 cm³/mol. The number of pyridine rings is 2. The van der Waals surface area contributed by atoms with Crippen LogP contribution in [0.1, 0.15) is 65.8 Å². The van der Waals surface area contributed by atoms with Crippen LogP contribution in [0, 0.1) is 34.6 Å². The van der Waals surface area contributed by atoms with Crippen LogP contribution in [0.2, 0.25) is 0 Å². The number of aryl methyl sites for hydroxylation is 2. The molecule has 0 aliphatic heterocycles. The summed E-state index contributed by atoms with van der Waals surface area (Å²) in [7, 11) is 0. The van der Waals surface area contributed by atoms with Crippen LogP contribution in [0.4, 0.5) is 0 Å². The fourth-order valence-electron chi connectivity index (χ4n) is 4.50. The topological polar surface area (TPSA) is 54.0 Å². The molecule has 0 amide bonds. The molecule has 174 valence electrons. The van der Waals surface area contributed by atoms with Gasteiger partial charge in [-0.15, -0.1) is 11.4 Å². The summed E-state index contributed by atoms with van der Waals surface area (Å²) in [5.74, 6) is 0. The van der Waals surface area contributed by atoms with Crippen LogP contribution in [0.15, 0.2) is 36.4 Å². The maximum absolute atomic E-state index is 5.06. The second-order valence-electron chi connectivity index (χ2n) is 9.24. The molecule has 0 unspecified atom stereocenters. The molecule has 5 heteroatoms. The fourth-order valence-corrected chi connectivity index (χ4v) is 4.50. The van der Waals surface area contributed by atoms with E-state index in [1.54, 1.807) is 0 Å². The van der Waals surface area contributed by atoms with Crippen LogP contribution < -0.4 is 9.97 Å². The molecule has 4 nitrogen and oxygen atoms in total. The van der Waals surface area contributed by atoms with Gasteiger partial charge in [0.2, 0.25) is 0 Å². The van der Waals surface area contributed by atoms with Gasteiger partial charge in [-0.05, 0) is 65.3 Å². The molecule has 0 N–H and O–H groups in total. The van der Waals surface area contributed by atoms with E-state index in [0.29, 0.717) is 0 Å². The molecule has 4 aromatic heterocycles. The molecule has 0 bridgehead atoms. The summed E-state index contributed by atoms with van der Waals surface area (Å²) in [6.45, 7) is 17.1. The summed E-state index contributed by atoms with van der Waals surface area (Å²) in [6, 6.07) is 12.4. The Morgan fingerprint density at radius 2 is 1.18 bits per heavy atom. The summed E-state index contributed by atoms with van der Waals surface area (Å²) < 4.78 is 0. The van der Waals surface area contributed by atoms with Crippen LogP contribution in [0.25, 0.3) is 22.8 Å². The minimum atomic E-state index is -0.361. The Hall–Kier alpha value is -2.45. The molecule has 0 aliphatic carbocycles. The average Bonchev–Trinajstić information content (AvgIpc) is 3.23. The molecule has 4 aromatic rings. The van der Waals surface area contributed by atoms with Crippen molar-refractivity contribution in [2.75, 3.05) is 0 Å². The smallest absolute Gasteiger partial charge is 0.659 e. The van der Waals surface area contributed by atoms with Crippen LogP contribution in [0.5, 0.6) is 0 Å². The minimum Gasteiger partial charge on any atom is -0.659 e. The monoisotopic (exact) mass is 619 g/mol. The van der Waals surface area contributed by atoms with Crippen molar-refractivity contribution in [2.45, 2.75) is 67.2 Å². The SMILES string of the molecule is CCc1c(C)[n-]c(-c2cccc(C(C)(C)c3cccc(-c4[n-]c(C)c(C)c4C)n3)n2)c1C.[Pt+2]. The Morgan fingerprint density at radius 3 is 1.61 bits per heavy atom. The van der Waals surface area contributed by atoms with Gasteiger partial charge in [-0.3, -0.25) is 9.97 Å². The van der Waals surface area contributed by atoms with Crippen LogP contribution in [0.3, 0.4) is 0 Å². The summed E-state index contributed by atoms with van der Waals surface area (Å²) in [5.41, 5.74) is 12.6. The molecule has 0 saturated carbocycles. The first kappa shape index (κ1) is 25.2. The van der Waals surface area contributed by atoms with Gasteiger partial charge >= 0.3 is 21.1 Å². The van der Waals surface area contributed by atoms with E-state index in [9.17, 15) is 0 Å². The third-order valence-corrected chi connectivity index (χ3v) is 6.88. The van der Waals surface area contributed by atoms with Crippen molar-refractivity contribution in [3.8, 4) is 22.8 Å². The second-order valence-corrected chi connectivity index (χ2v) is 9.24. The quantitative estimate of drug-likeness (QED) is 0.269. The molecule has 4 rings (SSSR count). The molecular formula is C28H32N4Pt. The number of aromatic nitrogens is 4. The molecule has 0 fully saturated rings. The van der Waals surface area contributed by atoms with E-state index >= 15 is 0 Å². The number of hydrogen-bond acceptors (Lipinski definition) is 2. The van der Waals surface area contributed by atoms with E-state index in [1.807, 2.05) is 6.07 Å². The van der Waals surface area contributed by atoms with Crippen LogP contribution >= 0.6 is 0 Å². The molecule has 0 spiro atoms. The van der Waals surface area contributed by atoms with Crippen molar-refractivity contribution in [3.05, 3.63) is 81.4 Å². The van der Waals surface area contributed by atoms with Gasteiger partial charge in [0.25, 0.3) is 0 Å². The molecular weight excluding hydrogens is 587 g/mol. The standard InChI is InChI=1S/C28H32N4.Pt/c1-9-21-18(4)27(30-20(21)6)23-13-11-15-25(32-23)28(7,8)24-14-10-12-22(31-24)26-17(3)16(2)19(5)29-26;/h10-15H,9H2,1-8H3;/q-2;+2. The minimum absolute atomic E-state index is 0. The van der Waals surface area contributed by atoms with Crippen LogP contribution in [-0.4, -0.2) is 9.97 Å². The fraction of sp³-hybridized carbons (Fsp3) is 0.357. The number of nitrogens with zero attached hydrogens (tertiary/aromatic N) is 4. The van der Waals surface area contributed by atoms with Crippen molar-refractivity contribution in [3.63, 3.8) is 0 Å². The van der Waals surface area contributed by atoms with Gasteiger partial charge in [-0.2, -0.15) is 11.4 Å². The third kappa shape index (κ3) is 4.38. The van der Waals surface area contributed by atoms with Crippen molar-refractivity contribution in [1.82, 2.24) is 19.9 Å². The molecule has 0 aromatic carbocycles. The number of hydrogen-bond donors (Lipinski definition) is 0. The Kier molecular flexibility index (Phi) is 7.19. The molecule has 0 atom stereocenters. The summed E-state index contributed by atoms with van der Waals surface area (Å²) in [5, 5.41) is 0. The van der Waals surface area contributed by atoms with Gasteiger partial charge < -0.3 is 9.97 Å². The van der Waals surface area contributed by atoms with Gasteiger partial charge in [0, 0.05) is 16.8 Å². The van der Waals surface area contributed by atoms with Crippen LogP contribution in [-0.2, 0) is 32.9 Å². The third-order valence-electron chi connectivity index (χ3n) is 6.88. The van der Waals surface area contributed by atoms with E-state index < -0.39 is 0 Å². The Bertz CT molecular complexity index is 1290. The average molecular weight is 620 g/mol. The first-order valence-corrected chi connectivity index (χ1v) is 11.3. The molecule has 0 aliphatic rings. The van der Waals surface area contributed by atoms with Gasteiger partial charge in [-0.1, -0.05) is 55.2 Å². The van der Waals surface area contributed by atoms with Crippen molar-refractivity contribution in [1.29, 1.82) is 0 Å². The van der Waals surface area contributed by atoms with Crippen molar-refractivity contribution in [2.24, 2.45) is 0 Å². The molecule has 4 heterocycles. The Morgan fingerprint density at radius 1 is 0.697 bits per heavy atom. The normalized spacial score (nSPS) is 11.5. The molecule has 0 radical (unpaired) electrons. The van der Waals surface area contributed by atoms with Crippen molar-refractivity contribution >= 4 is 0 Å². The zero-order valence-electron chi connectivity index (χ0n) is 20.8. The summed E-state index contributed by atoms with van der Waals surface area (Å²) in [6.07, 6.45) is 0.987. The second kappa shape index (κ2) is 9.42. The maximum atomic E-state index is 5.06. The Labute approximate surface area is 211 Å². The molecule has 0 saturated heterocycles. The zero-order valence-corrected chi connectivity index (χ0v) is 23.0. The maximum Gasteiger partial charge on any atom is 2.00 e. The predicted octanol–water partition coefficient (Wildman–Crippen LogP) is 6.15. The first-order chi connectivity index (χ1) is 15.1. The Balaban J connectivity index is 0.00000306. The van der Waals surface area contributed by atoms with Gasteiger partial charge in [0.1, 0.15) is 0 Å². The first-order valence-electron chi connectivity index (χ1n) is 11.3. The van der Waals surface area contributed by atoms with E-state index in [2.05, 4.69) is 85.7 Å². The van der Waals surface area contributed by atoms with E-state index in [4.69, 9.17) is 19.9 Å². The largest absolute Gasteiger partial charge is 2.00 e. The summed E-state index contributed by atoms with van der Waals surface area (Å²) in [4.78, 5) is 19.7. The van der Waals surface area contributed by atoms with Gasteiger partial charge in [-0.25, -0.2) is 0 Å². The summed E-state index contributed by atoms with van der Waals surface area (Å²) >= 11 is 0. The molecule has 33 heavy (non-hydrogen) atoms. The van der Waals surface area contributed by atoms with Crippen molar-refractivity contribution < 1.29 is 21.1 Å². The number of rotatable bonds is 5. The zero-order chi connectivity index (χ0) is 23.2. The van der Waals surface area contributed by atoms with E-state index in [0.717, 1.165) is 52.0 Å².